The molecule has 0 N–H and O–H groups in total. The van der Waals surface area contributed by atoms with E-state index in [0.29, 0.717) is 22.3 Å². The van der Waals surface area contributed by atoms with Crippen molar-refractivity contribution in [1.29, 1.82) is 0 Å². The van der Waals surface area contributed by atoms with E-state index in [9.17, 15) is 9.59 Å². The number of hydrogen-bond donors (Lipinski definition) is 0. The molecule has 0 aliphatic carbocycles. The van der Waals surface area contributed by atoms with E-state index in [4.69, 9.17) is 8.83 Å². The molecule has 258 valence electrons. The average molecular weight is 678 g/mol. The second-order valence-corrected chi connectivity index (χ2v) is 12.9. The first-order valence-corrected chi connectivity index (χ1v) is 17.8. The molecule has 0 saturated carbocycles. The van der Waals surface area contributed by atoms with Crippen LogP contribution in [0.15, 0.2) is 122 Å². The smallest absolute Gasteiger partial charge is 0.345 e. The second-order valence-electron chi connectivity index (χ2n) is 12.9. The summed E-state index contributed by atoms with van der Waals surface area (Å²) in [5.41, 5.74) is 10.3. The van der Waals surface area contributed by atoms with Gasteiger partial charge in [-0.1, -0.05) is 42.5 Å². The lowest BCUT2D eigenvalue weighted by Gasteiger charge is -2.21. The third-order valence-corrected chi connectivity index (χ3v) is 10.2. The molecular weight excluding hydrogens is 635 g/mol. The molecule has 7 heteroatoms. The summed E-state index contributed by atoms with van der Waals surface area (Å²) < 4.78 is 13.8. The summed E-state index contributed by atoms with van der Waals surface area (Å²) in [6.07, 6.45) is 0. The molecule has 3 heterocycles. The first kappa shape index (κ1) is 33.7. The van der Waals surface area contributed by atoms with Gasteiger partial charge in [0.05, 0.1) is 16.8 Å². The molecule has 7 nitrogen and oxygen atoms in total. The lowest BCUT2D eigenvalue weighted by Crippen LogP contribution is -2.21. The quantitative estimate of drug-likeness (QED) is 0.134. The molecule has 0 spiro atoms. The van der Waals surface area contributed by atoms with Crippen molar-refractivity contribution in [2.75, 3.05) is 36.0 Å². The molecule has 0 bridgehead atoms. The van der Waals surface area contributed by atoms with Crippen molar-refractivity contribution < 1.29 is 8.83 Å². The zero-order chi connectivity index (χ0) is 35.8. The molecule has 7 aromatic rings. The zero-order valence-electron chi connectivity index (χ0n) is 30.1. The Kier molecular flexibility index (Phi) is 9.13. The highest BCUT2D eigenvalue weighted by atomic mass is 16.4. The van der Waals surface area contributed by atoms with Gasteiger partial charge in [0.1, 0.15) is 11.2 Å². The highest BCUT2D eigenvalue weighted by Gasteiger charge is 2.17. The molecule has 51 heavy (non-hydrogen) atoms. The van der Waals surface area contributed by atoms with Crippen LogP contribution in [-0.2, 0) is 7.05 Å². The fraction of sp³-hybridized carbons (Fsp3) is 0.227. The van der Waals surface area contributed by atoms with Crippen molar-refractivity contribution in [2.45, 2.75) is 34.6 Å². The number of aryl methyl sites for hydroxylation is 1. The summed E-state index contributed by atoms with van der Waals surface area (Å²) in [4.78, 5) is 31.0. The fourth-order valence-corrected chi connectivity index (χ4v) is 7.29. The van der Waals surface area contributed by atoms with Gasteiger partial charge in [-0.15, -0.1) is 0 Å². The minimum atomic E-state index is -0.360. The van der Waals surface area contributed by atoms with Crippen LogP contribution in [0.4, 0.5) is 11.4 Å². The van der Waals surface area contributed by atoms with Crippen LogP contribution in [0.2, 0.25) is 0 Å². The molecule has 0 aliphatic heterocycles. The Balaban J connectivity index is 1.17. The van der Waals surface area contributed by atoms with Crippen molar-refractivity contribution in [2.24, 2.45) is 7.05 Å². The van der Waals surface area contributed by atoms with E-state index in [0.717, 1.165) is 87.5 Å². The third-order valence-electron chi connectivity index (χ3n) is 10.2. The van der Waals surface area contributed by atoms with Crippen LogP contribution in [0, 0.1) is 6.92 Å². The molecule has 7 rings (SSSR count). The third kappa shape index (κ3) is 6.14. The SMILES string of the molecule is CCN(CC)c1ccc2cc(-c3ccc(-c4cccc(-c5ccc(-c6c(C)c7ccc(N(CC)CC)cc7oc6=O)cc5)c4)n3C)c(=O)oc2c1. The van der Waals surface area contributed by atoms with E-state index in [1.807, 2.05) is 85.3 Å². The zero-order valence-corrected chi connectivity index (χ0v) is 30.1. The highest BCUT2D eigenvalue weighted by Crippen LogP contribution is 2.34. The minimum absolute atomic E-state index is 0.337. The van der Waals surface area contributed by atoms with E-state index >= 15 is 0 Å². The number of nitrogens with zero attached hydrogens (tertiary/aromatic N) is 3. The maximum atomic E-state index is 13.3. The Morgan fingerprint density at radius 1 is 0.569 bits per heavy atom. The summed E-state index contributed by atoms with van der Waals surface area (Å²) in [5, 5.41) is 1.82. The largest absolute Gasteiger partial charge is 0.422 e. The number of anilines is 2. The van der Waals surface area contributed by atoms with Gasteiger partial charge in [0.2, 0.25) is 0 Å². The van der Waals surface area contributed by atoms with E-state index in [1.54, 1.807) is 0 Å². The Morgan fingerprint density at radius 3 is 1.84 bits per heavy atom. The topological polar surface area (TPSA) is 71.8 Å². The first-order valence-electron chi connectivity index (χ1n) is 17.8. The molecule has 0 radical (unpaired) electrons. The molecule has 3 aromatic heterocycles. The number of rotatable bonds is 10. The molecule has 0 amide bonds. The normalized spacial score (nSPS) is 11.4. The van der Waals surface area contributed by atoms with Crippen molar-refractivity contribution in [3.63, 3.8) is 0 Å². The van der Waals surface area contributed by atoms with E-state index < -0.39 is 0 Å². The summed E-state index contributed by atoms with van der Waals surface area (Å²) in [6.45, 7) is 14.0. The lowest BCUT2D eigenvalue weighted by atomic mass is 9.96. The Hall–Kier alpha value is -5.82. The van der Waals surface area contributed by atoms with Gasteiger partial charge in [0, 0.05) is 73.2 Å². The number of hydrogen-bond acceptors (Lipinski definition) is 6. The number of fused-ring (bicyclic) bond motifs is 2. The Bertz CT molecular complexity index is 2500. The minimum Gasteiger partial charge on any atom is -0.422 e. The van der Waals surface area contributed by atoms with Gasteiger partial charge >= 0.3 is 11.3 Å². The van der Waals surface area contributed by atoms with Gasteiger partial charge in [-0.05, 0) is 111 Å². The van der Waals surface area contributed by atoms with Gasteiger partial charge in [-0.2, -0.15) is 0 Å². The van der Waals surface area contributed by atoms with Crippen molar-refractivity contribution >= 4 is 33.3 Å². The van der Waals surface area contributed by atoms with Crippen LogP contribution >= 0.6 is 0 Å². The maximum absolute atomic E-state index is 13.3. The molecule has 4 aromatic carbocycles. The number of aromatic nitrogens is 1. The van der Waals surface area contributed by atoms with Gasteiger partial charge in [-0.25, -0.2) is 9.59 Å². The predicted octanol–water partition coefficient (Wildman–Crippen LogP) is 9.91. The van der Waals surface area contributed by atoms with Crippen molar-refractivity contribution in [1.82, 2.24) is 4.57 Å². The average Bonchev–Trinajstić information content (AvgIpc) is 3.53. The molecule has 0 atom stereocenters. The molecule has 0 aliphatic rings. The Labute approximate surface area is 298 Å². The van der Waals surface area contributed by atoms with E-state index in [1.165, 1.54) is 0 Å². The molecule has 0 fully saturated rings. The van der Waals surface area contributed by atoms with Gasteiger partial charge < -0.3 is 23.2 Å². The summed E-state index contributed by atoms with van der Waals surface area (Å²) in [7, 11) is 1.97. The van der Waals surface area contributed by atoms with Gasteiger partial charge in [-0.3, -0.25) is 0 Å². The first-order chi connectivity index (χ1) is 24.7. The summed E-state index contributed by atoms with van der Waals surface area (Å²) in [6, 6.07) is 34.5. The molecule has 0 unspecified atom stereocenters. The van der Waals surface area contributed by atoms with Crippen LogP contribution in [0.3, 0.4) is 0 Å². The van der Waals surface area contributed by atoms with Gasteiger partial charge in [0.15, 0.2) is 0 Å². The van der Waals surface area contributed by atoms with Crippen LogP contribution < -0.4 is 21.1 Å². The fourth-order valence-electron chi connectivity index (χ4n) is 7.29. The standard InChI is InChI=1S/C44H43N3O4/c1-7-46(8-2)34-19-18-33-25-37(43(48)50-40(33)26-34)39-23-22-38(45(39)6)32-13-11-12-31(24-32)29-14-16-30(17-15-29)42-28(5)36-21-20-35(47(9-3)10-4)27-41(36)51-44(42)49/h11-27H,7-10H2,1-6H3. The second kappa shape index (κ2) is 13.8. The van der Waals surface area contributed by atoms with Crippen molar-refractivity contribution in [3.8, 4) is 44.8 Å². The maximum Gasteiger partial charge on any atom is 0.345 e. The van der Waals surface area contributed by atoms with E-state index in [-0.39, 0.29) is 11.3 Å². The molecular formula is C44H43N3O4. The summed E-state index contributed by atoms with van der Waals surface area (Å²) >= 11 is 0. The van der Waals surface area contributed by atoms with Crippen LogP contribution in [0.25, 0.3) is 66.7 Å². The molecule has 0 saturated heterocycles. The van der Waals surface area contributed by atoms with Crippen molar-refractivity contribution in [3.05, 3.63) is 130 Å². The highest BCUT2D eigenvalue weighted by molar-refractivity contribution is 5.89. The number of benzene rings is 4. The predicted molar refractivity (Wildman–Crippen MR) is 211 cm³/mol. The van der Waals surface area contributed by atoms with Crippen LogP contribution in [0.5, 0.6) is 0 Å². The summed E-state index contributed by atoms with van der Waals surface area (Å²) in [5.74, 6) is 0. The lowest BCUT2D eigenvalue weighted by molar-refractivity contribution is 0.562. The monoisotopic (exact) mass is 677 g/mol. The van der Waals surface area contributed by atoms with Crippen LogP contribution in [-0.4, -0.2) is 30.7 Å². The van der Waals surface area contributed by atoms with Crippen LogP contribution in [0.1, 0.15) is 33.3 Å². The van der Waals surface area contributed by atoms with E-state index in [2.05, 4.69) is 73.9 Å². The Morgan fingerprint density at radius 2 is 1.16 bits per heavy atom. The van der Waals surface area contributed by atoms with Gasteiger partial charge in [0.25, 0.3) is 0 Å².